The van der Waals surface area contributed by atoms with Crippen molar-refractivity contribution in [1.29, 1.82) is 0 Å². The molecule has 0 bridgehead atoms. The van der Waals surface area contributed by atoms with Gasteiger partial charge in [-0.25, -0.2) is 22.5 Å². The molecule has 0 atom stereocenters. The number of nitrogens with zero attached hydrogens (tertiary/aromatic N) is 4. The van der Waals surface area contributed by atoms with Gasteiger partial charge in [-0.05, 0) is 6.07 Å². The van der Waals surface area contributed by atoms with E-state index in [1.807, 2.05) is 0 Å². The lowest BCUT2D eigenvalue weighted by atomic mass is 10.0. The summed E-state index contributed by atoms with van der Waals surface area (Å²) in [6, 6.07) is 1.05. The first-order valence-corrected chi connectivity index (χ1v) is 10.4. The number of amides is 1. The molecule has 3 heterocycles. The van der Waals surface area contributed by atoms with Gasteiger partial charge in [0.25, 0.3) is 11.8 Å². The normalized spacial score (nSPS) is 16.1. The van der Waals surface area contributed by atoms with Gasteiger partial charge in [-0.1, -0.05) is 0 Å². The van der Waals surface area contributed by atoms with Crippen molar-refractivity contribution in [2.45, 2.75) is 5.92 Å². The van der Waals surface area contributed by atoms with E-state index in [0.29, 0.717) is 0 Å². The standard InChI is InChI=1S/C19H19F4N7OS/c1-29-18(30-3-2-25-7-19(22,23)8-30)11(5-27-29)10-4-12(24)15(21)16(14(10)20)28-17(31)13-6-32-9-26-13/h4-6,9,25H,2-3,7-8,24H2,1H3,(H,28,31). The number of halogens is 4. The largest absolute Gasteiger partial charge is 0.396 e. The maximum Gasteiger partial charge on any atom is 0.277 e. The van der Waals surface area contributed by atoms with Gasteiger partial charge in [0.1, 0.15) is 17.2 Å². The number of carbonyl (C=O) groups excluding carboxylic acids is 1. The second-order valence-electron chi connectivity index (χ2n) is 7.30. The molecule has 1 aliphatic heterocycles. The van der Waals surface area contributed by atoms with E-state index >= 15 is 4.39 Å². The van der Waals surface area contributed by atoms with Crippen LogP contribution in [0.5, 0.6) is 0 Å². The highest BCUT2D eigenvalue weighted by atomic mass is 32.1. The van der Waals surface area contributed by atoms with E-state index < -0.39 is 47.9 Å². The van der Waals surface area contributed by atoms with Gasteiger partial charge >= 0.3 is 0 Å². The fourth-order valence-electron chi connectivity index (χ4n) is 3.54. The Labute approximate surface area is 184 Å². The summed E-state index contributed by atoms with van der Waals surface area (Å²) >= 11 is 1.15. The highest BCUT2D eigenvalue weighted by Crippen LogP contribution is 2.39. The number of nitrogens with one attached hydrogen (secondary N) is 2. The molecule has 170 valence electrons. The third-order valence-electron chi connectivity index (χ3n) is 4.99. The first-order chi connectivity index (χ1) is 15.2. The van der Waals surface area contributed by atoms with Crippen LogP contribution >= 0.6 is 11.3 Å². The van der Waals surface area contributed by atoms with Crippen LogP contribution in [0.15, 0.2) is 23.2 Å². The topological polar surface area (TPSA) is 101 Å². The van der Waals surface area contributed by atoms with Gasteiger partial charge in [0.05, 0.1) is 30.5 Å². The summed E-state index contributed by atoms with van der Waals surface area (Å²) in [5, 5.41) is 10.3. The molecule has 0 aliphatic carbocycles. The number of aromatic nitrogens is 3. The van der Waals surface area contributed by atoms with Gasteiger partial charge in [-0.15, -0.1) is 11.3 Å². The van der Waals surface area contributed by atoms with Crippen LogP contribution in [0.25, 0.3) is 11.1 Å². The Bertz CT molecular complexity index is 1150. The zero-order chi connectivity index (χ0) is 23.0. The quantitative estimate of drug-likeness (QED) is 0.401. The van der Waals surface area contributed by atoms with Gasteiger partial charge in [0.2, 0.25) is 0 Å². The second kappa shape index (κ2) is 8.39. The van der Waals surface area contributed by atoms with Crippen LogP contribution in [0.3, 0.4) is 0 Å². The molecule has 1 saturated heterocycles. The zero-order valence-corrected chi connectivity index (χ0v) is 17.6. The van der Waals surface area contributed by atoms with Gasteiger partial charge < -0.3 is 21.3 Å². The number of carbonyl (C=O) groups is 1. The van der Waals surface area contributed by atoms with Crippen LogP contribution in [0, 0.1) is 11.6 Å². The number of anilines is 3. The SMILES string of the molecule is Cn1ncc(-c2cc(N)c(F)c(NC(=O)c3cscn3)c2F)c1N1CCNCC(F)(F)C1. The van der Waals surface area contributed by atoms with Crippen molar-refractivity contribution >= 4 is 34.4 Å². The molecule has 1 fully saturated rings. The lowest BCUT2D eigenvalue weighted by molar-refractivity contribution is 0.0155. The first-order valence-electron chi connectivity index (χ1n) is 9.51. The molecule has 4 rings (SSSR count). The van der Waals surface area contributed by atoms with E-state index in [2.05, 4.69) is 20.7 Å². The van der Waals surface area contributed by atoms with E-state index in [-0.39, 0.29) is 35.7 Å². The van der Waals surface area contributed by atoms with E-state index in [0.717, 1.165) is 17.4 Å². The molecule has 13 heteroatoms. The Hall–Kier alpha value is -3.19. The summed E-state index contributed by atoms with van der Waals surface area (Å²) in [5.74, 6) is -5.87. The third kappa shape index (κ3) is 4.12. The lowest BCUT2D eigenvalue weighted by Crippen LogP contribution is -2.39. The van der Waals surface area contributed by atoms with Gasteiger partial charge in [0, 0.05) is 36.6 Å². The minimum Gasteiger partial charge on any atom is -0.396 e. The molecule has 2 aromatic heterocycles. The number of alkyl halides is 2. The predicted molar refractivity (Wildman–Crippen MR) is 113 cm³/mol. The maximum atomic E-state index is 15.4. The molecule has 3 aromatic rings. The molecule has 32 heavy (non-hydrogen) atoms. The summed E-state index contributed by atoms with van der Waals surface area (Å²) in [7, 11) is 1.53. The molecule has 0 spiro atoms. The predicted octanol–water partition coefficient (Wildman–Crippen LogP) is 2.70. The monoisotopic (exact) mass is 469 g/mol. The minimum atomic E-state index is -3.02. The van der Waals surface area contributed by atoms with Crippen molar-refractivity contribution in [3.63, 3.8) is 0 Å². The van der Waals surface area contributed by atoms with Crippen LogP contribution in [0.4, 0.5) is 34.8 Å². The van der Waals surface area contributed by atoms with Crippen LogP contribution in [0.1, 0.15) is 10.5 Å². The van der Waals surface area contributed by atoms with Gasteiger partial charge in [0.15, 0.2) is 11.6 Å². The van der Waals surface area contributed by atoms with Crippen molar-refractivity contribution < 1.29 is 22.4 Å². The van der Waals surface area contributed by atoms with Gasteiger partial charge in [-0.3, -0.25) is 9.48 Å². The highest BCUT2D eigenvalue weighted by Gasteiger charge is 2.36. The summed E-state index contributed by atoms with van der Waals surface area (Å²) < 4.78 is 59.8. The summed E-state index contributed by atoms with van der Waals surface area (Å²) in [6.07, 6.45) is 1.29. The van der Waals surface area contributed by atoms with Crippen molar-refractivity contribution in [1.82, 2.24) is 20.1 Å². The second-order valence-corrected chi connectivity index (χ2v) is 8.02. The smallest absolute Gasteiger partial charge is 0.277 e. The molecule has 8 nitrogen and oxygen atoms in total. The number of nitrogen functional groups attached to an aromatic ring is 1. The molecule has 1 aliphatic rings. The molecule has 1 amide bonds. The number of aryl methyl sites for hydroxylation is 1. The average molecular weight is 469 g/mol. The average Bonchev–Trinajstić information content (AvgIpc) is 3.36. The van der Waals surface area contributed by atoms with Crippen molar-refractivity contribution in [2.24, 2.45) is 7.05 Å². The number of thiazole rings is 1. The highest BCUT2D eigenvalue weighted by molar-refractivity contribution is 7.07. The van der Waals surface area contributed by atoms with Gasteiger partial charge in [-0.2, -0.15) is 5.10 Å². The molecule has 4 N–H and O–H groups in total. The summed E-state index contributed by atoms with van der Waals surface area (Å²) in [5.41, 5.74) is 5.92. The van der Waals surface area contributed by atoms with E-state index in [9.17, 15) is 18.0 Å². The Morgan fingerprint density at radius 3 is 2.81 bits per heavy atom. The van der Waals surface area contributed by atoms with Crippen LogP contribution in [0.2, 0.25) is 0 Å². The molecule has 0 unspecified atom stereocenters. The number of hydrogen-bond donors (Lipinski definition) is 3. The first kappa shape index (κ1) is 22.0. The number of nitrogens with two attached hydrogens (primary N) is 1. The van der Waals surface area contributed by atoms with E-state index in [1.54, 1.807) is 0 Å². The molecular formula is C19H19F4N7OS. The maximum absolute atomic E-state index is 15.4. The minimum absolute atomic E-state index is 0.0147. The van der Waals surface area contributed by atoms with Crippen LogP contribution in [-0.2, 0) is 7.05 Å². The van der Waals surface area contributed by atoms with Crippen LogP contribution in [-0.4, -0.2) is 52.8 Å². The van der Waals surface area contributed by atoms with Crippen molar-refractivity contribution in [3.05, 3.63) is 40.5 Å². The fraction of sp³-hybridized carbons (Fsp3) is 0.316. The lowest BCUT2D eigenvalue weighted by Gasteiger charge is -2.27. The van der Waals surface area contributed by atoms with E-state index in [1.165, 1.54) is 33.7 Å². The number of benzene rings is 1. The third-order valence-corrected chi connectivity index (χ3v) is 5.58. The molecule has 1 aromatic carbocycles. The van der Waals surface area contributed by atoms with Crippen molar-refractivity contribution in [3.8, 4) is 11.1 Å². The van der Waals surface area contributed by atoms with Crippen molar-refractivity contribution in [2.75, 3.05) is 42.1 Å². The summed E-state index contributed by atoms with van der Waals surface area (Å²) in [6.45, 7) is -0.601. The summed E-state index contributed by atoms with van der Waals surface area (Å²) in [4.78, 5) is 17.5. The molecule has 0 saturated carbocycles. The zero-order valence-electron chi connectivity index (χ0n) is 16.8. The van der Waals surface area contributed by atoms with E-state index in [4.69, 9.17) is 5.73 Å². The Balaban J connectivity index is 1.78. The van der Waals surface area contributed by atoms with Crippen LogP contribution < -0.4 is 21.3 Å². The fourth-order valence-corrected chi connectivity index (χ4v) is 4.07. The Morgan fingerprint density at radius 1 is 1.31 bits per heavy atom. The number of rotatable bonds is 4. The Kier molecular flexibility index (Phi) is 5.77. The molecule has 0 radical (unpaired) electrons. The molecular weight excluding hydrogens is 450 g/mol. The Morgan fingerprint density at radius 2 is 2.09 bits per heavy atom. The number of hydrogen-bond acceptors (Lipinski definition) is 7.